The van der Waals surface area contributed by atoms with Gasteiger partial charge in [0.05, 0.1) is 17.1 Å². The Bertz CT molecular complexity index is 1110. The van der Waals surface area contributed by atoms with Crippen LogP contribution in [0.25, 0.3) is 16.9 Å². The molecule has 0 spiro atoms. The van der Waals surface area contributed by atoms with Crippen LogP contribution in [-0.4, -0.2) is 25.3 Å². The SMILES string of the molecule is Cc1nnsc1C(=O)NCc1cn(-c2ccccc2)nc1-c1ccc(F)cc1. The lowest BCUT2D eigenvalue weighted by atomic mass is 10.1. The molecule has 0 saturated heterocycles. The van der Waals surface area contributed by atoms with Crippen LogP contribution in [-0.2, 0) is 6.54 Å². The number of para-hydroxylation sites is 1. The van der Waals surface area contributed by atoms with Crippen molar-refractivity contribution in [2.45, 2.75) is 13.5 Å². The second-order valence-corrected chi connectivity index (χ2v) is 6.91. The van der Waals surface area contributed by atoms with Crippen LogP contribution in [0.3, 0.4) is 0 Å². The number of carbonyl (C=O) groups is 1. The summed E-state index contributed by atoms with van der Waals surface area (Å²) in [6, 6.07) is 15.8. The minimum Gasteiger partial charge on any atom is -0.347 e. The van der Waals surface area contributed by atoms with E-state index in [1.54, 1.807) is 23.7 Å². The average Bonchev–Trinajstić information content (AvgIpc) is 3.34. The van der Waals surface area contributed by atoms with Gasteiger partial charge in [0.2, 0.25) is 0 Å². The molecule has 4 rings (SSSR count). The summed E-state index contributed by atoms with van der Waals surface area (Å²) in [5.41, 5.74) is 3.77. The molecule has 1 N–H and O–H groups in total. The third-order valence-corrected chi connectivity index (χ3v) is 5.05. The van der Waals surface area contributed by atoms with Crippen LogP contribution in [0.1, 0.15) is 20.9 Å². The van der Waals surface area contributed by atoms with Crippen molar-refractivity contribution >= 4 is 17.4 Å². The lowest BCUT2D eigenvalue weighted by Gasteiger charge is -2.04. The normalized spacial score (nSPS) is 10.8. The van der Waals surface area contributed by atoms with Gasteiger partial charge in [0, 0.05) is 23.9 Å². The van der Waals surface area contributed by atoms with Gasteiger partial charge in [-0.05, 0) is 54.9 Å². The lowest BCUT2D eigenvalue weighted by molar-refractivity contribution is 0.0954. The monoisotopic (exact) mass is 393 g/mol. The van der Waals surface area contributed by atoms with Gasteiger partial charge in [0.1, 0.15) is 10.7 Å². The van der Waals surface area contributed by atoms with Gasteiger partial charge in [-0.25, -0.2) is 9.07 Å². The molecule has 1 amide bonds. The molecule has 0 aliphatic heterocycles. The fourth-order valence-electron chi connectivity index (χ4n) is 2.80. The number of hydrogen-bond acceptors (Lipinski definition) is 5. The molecule has 0 unspecified atom stereocenters. The second-order valence-electron chi connectivity index (χ2n) is 6.16. The fourth-order valence-corrected chi connectivity index (χ4v) is 3.37. The van der Waals surface area contributed by atoms with Crippen LogP contribution < -0.4 is 5.32 Å². The van der Waals surface area contributed by atoms with E-state index >= 15 is 0 Å². The molecule has 0 atom stereocenters. The molecule has 2 heterocycles. The molecular weight excluding hydrogens is 377 g/mol. The Balaban J connectivity index is 1.66. The largest absolute Gasteiger partial charge is 0.347 e. The van der Waals surface area contributed by atoms with E-state index in [1.807, 2.05) is 36.5 Å². The Morgan fingerprint density at radius 2 is 1.89 bits per heavy atom. The molecule has 2 aromatic heterocycles. The van der Waals surface area contributed by atoms with E-state index in [4.69, 9.17) is 0 Å². The summed E-state index contributed by atoms with van der Waals surface area (Å²) < 4.78 is 18.9. The highest BCUT2D eigenvalue weighted by molar-refractivity contribution is 7.07. The molecule has 0 fully saturated rings. The zero-order valence-electron chi connectivity index (χ0n) is 15.0. The number of rotatable bonds is 5. The van der Waals surface area contributed by atoms with Crippen LogP contribution in [0.15, 0.2) is 60.8 Å². The van der Waals surface area contributed by atoms with Crippen LogP contribution in [0.5, 0.6) is 0 Å². The van der Waals surface area contributed by atoms with Gasteiger partial charge in [-0.3, -0.25) is 4.79 Å². The number of hydrogen-bond donors (Lipinski definition) is 1. The van der Waals surface area contributed by atoms with Crippen molar-refractivity contribution in [3.8, 4) is 16.9 Å². The Morgan fingerprint density at radius 3 is 2.57 bits per heavy atom. The summed E-state index contributed by atoms with van der Waals surface area (Å²) in [7, 11) is 0. The van der Waals surface area contributed by atoms with E-state index in [0.717, 1.165) is 28.3 Å². The zero-order valence-corrected chi connectivity index (χ0v) is 15.8. The van der Waals surface area contributed by atoms with Crippen molar-refractivity contribution in [3.63, 3.8) is 0 Å². The van der Waals surface area contributed by atoms with E-state index < -0.39 is 0 Å². The van der Waals surface area contributed by atoms with Crippen molar-refractivity contribution in [1.29, 1.82) is 0 Å². The van der Waals surface area contributed by atoms with Crippen LogP contribution in [0.2, 0.25) is 0 Å². The maximum atomic E-state index is 13.3. The second kappa shape index (κ2) is 7.69. The van der Waals surface area contributed by atoms with Crippen molar-refractivity contribution < 1.29 is 9.18 Å². The number of carbonyl (C=O) groups excluding carboxylic acids is 1. The third-order valence-electron chi connectivity index (χ3n) is 4.23. The number of benzene rings is 2. The highest BCUT2D eigenvalue weighted by atomic mass is 32.1. The number of amides is 1. The van der Waals surface area contributed by atoms with Gasteiger partial charge in [-0.15, -0.1) is 5.10 Å². The third kappa shape index (κ3) is 3.67. The van der Waals surface area contributed by atoms with E-state index in [9.17, 15) is 9.18 Å². The number of nitrogens with zero attached hydrogens (tertiary/aromatic N) is 4. The smallest absolute Gasteiger partial charge is 0.265 e. The number of aryl methyl sites for hydroxylation is 1. The summed E-state index contributed by atoms with van der Waals surface area (Å²) >= 11 is 1.06. The Kier molecular flexibility index (Phi) is 4.94. The minimum atomic E-state index is -0.311. The van der Waals surface area contributed by atoms with Crippen molar-refractivity contribution in [2.24, 2.45) is 0 Å². The molecule has 4 aromatic rings. The topological polar surface area (TPSA) is 72.7 Å². The molecular formula is C20H16FN5OS. The Labute approximate surface area is 164 Å². The van der Waals surface area contributed by atoms with Gasteiger partial charge >= 0.3 is 0 Å². The van der Waals surface area contributed by atoms with E-state index in [-0.39, 0.29) is 18.3 Å². The standard InChI is InChI=1S/C20H16FN5OS/c1-13-19(28-25-23-13)20(27)22-11-15-12-26(17-5-3-2-4-6-17)24-18(15)14-7-9-16(21)10-8-14/h2-10,12H,11H2,1H3,(H,22,27). The number of nitrogens with one attached hydrogen (secondary N) is 1. The van der Waals surface area contributed by atoms with Crippen molar-refractivity contribution in [2.75, 3.05) is 0 Å². The van der Waals surface area contributed by atoms with Crippen molar-refractivity contribution in [3.05, 3.63) is 82.7 Å². The first-order valence-corrected chi connectivity index (χ1v) is 9.36. The van der Waals surface area contributed by atoms with Gasteiger partial charge in [-0.1, -0.05) is 22.7 Å². The maximum absolute atomic E-state index is 13.3. The van der Waals surface area contributed by atoms with E-state index in [1.165, 1.54) is 12.1 Å². The first kappa shape index (κ1) is 18.0. The predicted molar refractivity (Wildman–Crippen MR) is 105 cm³/mol. The number of halogens is 1. The van der Waals surface area contributed by atoms with Gasteiger partial charge in [0.25, 0.3) is 5.91 Å². The van der Waals surface area contributed by atoms with Crippen molar-refractivity contribution in [1.82, 2.24) is 24.7 Å². The fraction of sp³-hybridized carbons (Fsp3) is 0.100. The van der Waals surface area contributed by atoms with E-state index in [2.05, 4.69) is 20.0 Å². The first-order chi connectivity index (χ1) is 13.6. The summed E-state index contributed by atoms with van der Waals surface area (Å²) in [5, 5.41) is 11.4. The molecule has 8 heteroatoms. The van der Waals surface area contributed by atoms with Gasteiger partial charge in [0.15, 0.2) is 0 Å². The van der Waals surface area contributed by atoms with Crippen LogP contribution in [0.4, 0.5) is 4.39 Å². The molecule has 140 valence electrons. The molecule has 6 nitrogen and oxygen atoms in total. The molecule has 2 aromatic carbocycles. The van der Waals surface area contributed by atoms with Gasteiger partial charge in [-0.2, -0.15) is 5.10 Å². The molecule has 0 radical (unpaired) electrons. The van der Waals surface area contributed by atoms with Crippen LogP contribution >= 0.6 is 11.5 Å². The molecule has 0 saturated carbocycles. The predicted octanol–water partition coefficient (Wildman–Crippen LogP) is 3.77. The molecule has 28 heavy (non-hydrogen) atoms. The lowest BCUT2D eigenvalue weighted by Crippen LogP contribution is -2.22. The summed E-state index contributed by atoms with van der Waals surface area (Å²) in [6.07, 6.45) is 1.87. The summed E-state index contributed by atoms with van der Waals surface area (Å²) in [6.45, 7) is 2.02. The first-order valence-electron chi connectivity index (χ1n) is 8.59. The average molecular weight is 393 g/mol. The molecule has 0 bridgehead atoms. The van der Waals surface area contributed by atoms with Crippen LogP contribution in [0, 0.1) is 12.7 Å². The molecule has 0 aliphatic rings. The Morgan fingerprint density at radius 1 is 1.14 bits per heavy atom. The summed E-state index contributed by atoms with van der Waals surface area (Å²) in [5.74, 6) is -0.542. The minimum absolute atomic E-state index is 0.231. The summed E-state index contributed by atoms with van der Waals surface area (Å²) in [4.78, 5) is 12.9. The Hall–Kier alpha value is -3.39. The molecule has 0 aliphatic carbocycles. The highest BCUT2D eigenvalue weighted by Crippen LogP contribution is 2.24. The quantitative estimate of drug-likeness (QED) is 0.560. The maximum Gasteiger partial charge on any atom is 0.265 e. The van der Waals surface area contributed by atoms with E-state index in [0.29, 0.717) is 16.3 Å². The van der Waals surface area contributed by atoms with Gasteiger partial charge < -0.3 is 5.32 Å². The highest BCUT2D eigenvalue weighted by Gasteiger charge is 2.16. The number of aromatic nitrogens is 4. The zero-order chi connectivity index (χ0) is 19.5.